The van der Waals surface area contributed by atoms with Crippen LogP contribution in [0.1, 0.15) is 33.6 Å². The van der Waals surface area contributed by atoms with E-state index >= 15 is 0 Å². The maximum atomic E-state index is 11.3. The summed E-state index contributed by atoms with van der Waals surface area (Å²) < 4.78 is 0. The van der Waals surface area contributed by atoms with E-state index in [1.165, 1.54) is 12.8 Å². The van der Waals surface area contributed by atoms with Gasteiger partial charge in [0.25, 0.3) is 0 Å². The van der Waals surface area contributed by atoms with Crippen LogP contribution in [-0.2, 0) is 4.79 Å². The van der Waals surface area contributed by atoms with Gasteiger partial charge in [-0.2, -0.15) is 0 Å². The van der Waals surface area contributed by atoms with Gasteiger partial charge in [-0.15, -0.1) is 0 Å². The number of carbonyl (C=O) groups excluding carboxylic acids is 1. The smallest absolute Gasteiger partial charge is 0.219 e. The van der Waals surface area contributed by atoms with Crippen LogP contribution in [0.15, 0.2) is 0 Å². The molecule has 0 aromatic heterocycles. The third-order valence-corrected chi connectivity index (χ3v) is 2.61. The van der Waals surface area contributed by atoms with E-state index in [2.05, 4.69) is 19.2 Å². The topological polar surface area (TPSA) is 32.3 Å². The van der Waals surface area contributed by atoms with Crippen LogP contribution in [0.4, 0.5) is 0 Å². The van der Waals surface area contributed by atoms with Crippen LogP contribution in [0.2, 0.25) is 0 Å². The minimum atomic E-state index is 0.184. The summed E-state index contributed by atoms with van der Waals surface area (Å²) in [6.45, 7) is 7.75. The minimum absolute atomic E-state index is 0.184. The van der Waals surface area contributed by atoms with E-state index in [0.29, 0.717) is 12.1 Å². The highest BCUT2D eigenvalue weighted by Gasteiger charge is 2.20. The Bertz CT molecular complexity index is 174. The predicted molar refractivity (Wildman–Crippen MR) is 53.5 cm³/mol. The Kier molecular flexibility index (Phi) is 3.72. The van der Waals surface area contributed by atoms with E-state index in [1.807, 2.05) is 4.90 Å². The van der Waals surface area contributed by atoms with Crippen LogP contribution in [0.25, 0.3) is 0 Å². The van der Waals surface area contributed by atoms with Gasteiger partial charge in [-0.25, -0.2) is 0 Å². The molecule has 0 aromatic rings. The summed E-state index contributed by atoms with van der Waals surface area (Å²) in [4.78, 5) is 13.2. The van der Waals surface area contributed by atoms with Gasteiger partial charge in [-0.1, -0.05) is 0 Å². The fourth-order valence-electron chi connectivity index (χ4n) is 1.85. The van der Waals surface area contributed by atoms with Crippen LogP contribution >= 0.6 is 0 Å². The van der Waals surface area contributed by atoms with E-state index in [0.717, 1.165) is 13.1 Å². The molecule has 0 saturated carbocycles. The standard InChI is InChI=1S/C10H20N2O/c1-8(2)12(9(3)13)7-10-5-4-6-11-10/h8,10-11H,4-7H2,1-3H3/t10-/m0/s1. The zero-order valence-corrected chi connectivity index (χ0v) is 8.84. The first-order valence-corrected chi connectivity index (χ1v) is 5.12. The Morgan fingerprint density at radius 2 is 2.31 bits per heavy atom. The molecule has 1 aliphatic heterocycles. The fourth-order valence-corrected chi connectivity index (χ4v) is 1.85. The van der Waals surface area contributed by atoms with Crippen molar-refractivity contribution in [1.29, 1.82) is 0 Å². The van der Waals surface area contributed by atoms with Gasteiger partial charge in [-0.05, 0) is 33.2 Å². The molecule has 0 spiro atoms. The van der Waals surface area contributed by atoms with E-state index < -0.39 is 0 Å². The number of hydrogen-bond acceptors (Lipinski definition) is 2. The molecule has 3 heteroatoms. The van der Waals surface area contributed by atoms with Crippen LogP contribution in [0, 0.1) is 0 Å². The van der Waals surface area contributed by atoms with Crippen molar-refractivity contribution in [2.75, 3.05) is 13.1 Å². The molecule has 0 aromatic carbocycles. The summed E-state index contributed by atoms with van der Waals surface area (Å²) in [7, 11) is 0. The Labute approximate surface area is 80.5 Å². The first-order valence-electron chi connectivity index (χ1n) is 5.12. The van der Waals surface area contributed by atoms with Crippen LogP contribution < -0.4 is 5.32 Å². The van der Waals surface area contributed by atoms with Crippen molar-refractivity contribution >= 4 is 5.91 Å². The highest BCUT2D eigenvalue weighted by atomic mass is 16.2. The summed E-state index contributed by atoms with van der Waals surface area (Å²) in [5.74, 6) is 0.184. The number of carbonyl (C=O) groups is 1. The van der Waals surface area contributed by atoms with Crippen molar-refractivity contribution in [2.45, 2.75) is 45.7 Å². The summed E-state index contributed by atoms with van der Waals surface area (Å²) >= 11 is 0. The quantitative estimate of drug-likeness (QED) is 0.709. The molecule has 3 nitrogen and oxygen atoms in total. The van der Waals surface area contributed by atoms with Crippen LogP contribution in [0.5, 0.6) is 0 Å². The largest absolute Gasteiger partial charge is 0.339 e. The van der Waals surface area contributed by atoms with Crippen molar-refractivity contribution in [3.63, 3.8) is 0 Å². The Morgan fingerprint density at radius 3 is 2.69 bits per heavy atom. The number of rotatable bonds is 3. The molecule has 1 rings (SSSR count). The summed E-state index contributed by atoms with van der Waals surface area (Å²) in [6.07, 6.45) is 2.45. The lowest BCUT2D eigenvalue weighted by molar-refractivity contribution is -0.130. The second kappa shape index (κ2) is 4.61. The van der Waals surface area contributed by atoms with Gasteiger partial charge in [0.05, 0.1) is 0 Å². The van der Waals surface area contributed by atoms with Crippen molar-refractivity contribution in [1.82, 2.24) is 10.2 Å². The molecule has 0 bridgehead atoms. The zero-order valence-electron chi connectivity index (χ0n) is 8.84. The van der Waals surface area contributed by atoms with Gasteiger partial charge in [0.1, 0.15) is 0 Å². The number of nitrogens with zero attached hydrogens (tertiary/aromatic N) is 1. The zero-order chi connectivity index (χ0) is 9.84. The third kappa shape index (κ3) is 2.99. The number of hydrogen-bond donors (Lipinski definition) is 1. The third-order valence-electron chi connectivity index (χ3n) is 2.61. The van der Waals surface area contributed by atoms with Crippen LogP contribution in [0.3, 0.4) is 0 Å². The van der Waals surface area contributed by atoms with Gasteiger partial charge in [0.15, 0.2) is 0 Å². The Morgan fingerprint density at radius 1 is 1.62 bits per heavy atom. The average Bonchev–Trinajstić information content (AvgIpc) is 2.50. The van der Waals surface area contributed by atoms with E-state index in [-0.39, 0.29) is 5.91 Å². The molecule has 1 aliphatic rings. The molecule has 1 heterocycles. The lowest BCUT2D eigenvalue weighted by Crippen LogP contribution is -2.43. The molecule has 0 radical (unpaired) electrons. The van der Waals surface area contributed by atoms with Gasteiger partial charge < -0.3 is 10.2 Å². The summed E-state index contributed by atoms with van der Waals surface area (Å²) in [6, 6.07) is 0.839. The number of nitrogens with one attached hydrogen (secondary N) is 1. The molecule has 1 amide bonds. The minimum Gasteiger partial charge on any atom is -0.339 e. The Balaban J connectivity index is 2.41. The maximum absolute atomic E-state index is 11.3. The molecule has 13 heavy (non-hydrogen) atoms. The molecule has 1 fully saturated rings. The molecule has 76 valence electrons. The van der Waals surface area contributed by atoms with Crippen LogP contribution in [-0.4, -0.2) is 36.0 Å². The van der Waals surface area contributed by atoms with Crippen molar-refractivity contribution < 1.29 is 4.79 Å². The fraction of sp³-hybridized carbons (Fsp3) is 0.900. The molecule has 1 atom stereocenters. The average molecular weight is 184 g/mol. The molecule has 0 unspecified atom stereocenters. The first kappa shape index (κ1) is 10.5. The SMILES string of the molecule is CC(=O)N(C[C@@H]1CCCN1)C(C)C. The first-order chi connectivity index (χ1) is 6.11. The van der Waals surface area contributed by atoms with Crippen molar-refractivity contribution in [3.8, 4) is 0 Å². The lowest BCUT2D eigenvalue weighted by Gasteiger charge is -2.28. The number of amides is 1. The highest BCUT2D eigenvalue weighted by Crippen LogP contribution is 2.09. The molecule has 1 saturated heterocycles. The van der Waals surface area contributed by atoms with Gasteiger partial charge in [0.2, 0.25) is 5.91 Å². The molecular weight excluding hydrogens is 164 g/mol. The van der Waals surface area contributed by atoms with Crippen molar-refractivity contribution in [3.05, 3.63) is 0 Å². The van der Waals surface area contributed by atoms with Gasteiger partial charge >= 0.3 is 0 Å². The van der Waals surface area contributed by atoms with Gasteiger partial charge in [-0.3, -0.25) is 4.79 Å². The Hall–Kier alpha value is -0.570. The summed E-state index contributed by atoms with van der Waals surface area (Å²) in [5.41, 5.74) is 0. The summed E-state index contributed by atoms with van der Waals surface area (Å²) in [5, 5.41) is 3.40. The molecular formula is C10H20N2O. The van der Waals surface area contributed by atoms with Crippen molar-refractivity contribution in [2.24, 2.45) is 0 Å². The van der Waals surface area contributed by atoms with E-state index in [4.69, 9.17) is 0 Å². The second-order valence-corrected chi connectivity index (χ2v) is 4.06. The van der Waals surface area contributed by atoms with Gasteiger partial charge in [0, 0.05) is 25.6 Å². The highest BCUT2D eigenvalue weighted by molar-refractivity contribution is 5.73. The normalized spacial score (nSPS) is 22.3. The monoisotopic (exact) mass is 184 g/mol. The second-order valence-electron chi connectivity index (χ2n) is 4.06. The predicted octanol–water partition coefficient (Wildman–Crippen LogP) is 0.995. The van der Waals surface area contributed by atoms with E-state index in [9.17, 15) is 4.79 Å². The molecule has 1 N–H and O–H groups in total. The maximum Gasteiger partial charge on any atom is 0.219 e. The van der Waals surface area contributed by atoms with E-state index in [1.54, 1.807) is 6.92 Å². The lowest BCUT2D eigenvalue weighted by atomic mass is 10.2. The molecule has 0 aliphatic carbocycles.